The van der Waals surface area contributed by atoms with Gasteiger partial charge >= 0.3 is 0 Å². The quantitative estimate of drug-likeness (QED) is 0.593. The minimum atomic E-state index is -0.120. The van der Waals surface area contributed by atoms with Gasteiger partial charge in [0.2, 0.25) is 5.78 Å². The Kier molecular flexibility index (Phi) is 3.73. The number of carbonyl (C=O) groups is 1. The van der Waals surface area contributed by atoms with Gasteiger partial charge in [-0.15, -0.1) is 0 Å². The third kappa shape index (κ3) is 2.87. The summed E-state index contributed by atoms with van der Waals surface area (Å²) in [5.41, 5.74) is 8.51. The summed E-state index contributed by atoms with van der Waals surface area (Å²) in [5, 5.41) is 9.58. The number of aryl methyl sites for hydroxylation is 1. The molecule has 0 fully saturated rings. The van der Waals surface area contributed by atoms with E-state index in [9.17, 15) is 4.79 Å². The van der Waals surface area contributed by atoms with Crippen molar-refractivity contribution >= 4 is 22.4 Å². The van der Waals surface area contributed by atoms with Crippen molar-refractivity contribution in [2.45, 2.75) is 0 Å². The van der Waals surface area contributed by atoms with Crippen LogP contribution in [-0.2, 0) is 7.05 Å². The number of rotatable bonds is 4. The molecule has 3 rings (SSSR count). The highest BCUT2D eigenvalue weighted by Gasteiger charge is 2.15. The molecule has 0 aliphatic heterocycles. The van der Waals surface area contributed by atoms with Gasteiger partial charge in [0, 0.05) is 35.4 Å². The lowest BCUT2D eigenvalue weighted by atomic mass is 10.1. The number of nitrogen functional groups attached to an aromatic ring is 1. The Bertz CT molecular complexity index is 918. The molecule has 0 aliphatic rings. The van der Waals surface area contributed by atoms with Gasteiger partial charge in [-0.2, -0.15) is 5.26 Å². The number of benzene rings is 2. The van der Waals surface area contributed by atoms with Crippen LogP contribution in [0.3, 0.4) is 0 Å². The summed E-state index contributed by atoms with van der Waals surface area (Å²) >= 11 is 0. The summed E-state index contributed by atoms with van der Waals surface area (Å²) in [7, 11) is 1.89. The van der Waals surface area contributed by atoms with Gasteiger partial charge in [0.05, 0.1) is 11.6 Å². The van der Waals surface area contributed by atoms with E-state index in [2.05, 4.69) is 0 Å². The van der Waals surface area contributed by atoms with Crippen LogP contribution in [0.5, 0.6) is 5.75 Å². The second-order valence-corrected chi connectivity index (χ2v) is 5.28. The first-order valence-electron chi connectivity index (χ1n) is 7.09. The highest BCUT2D eigenvalue weighted by Crippen LogP contribution is 2.24. The third-order valence-corrected chi connectivity index (χ3v) is 3.67. The van der Waals surface area contributed by atoms with E-state index in [-0.39, 0.29) is 12.4 Å². The SMILES string of the molecule is Cn1cc(C(=O)COc2ccc(C#N)cc2)c2cc(N)ccc21. The van der Waals surface area contributed by atoms with Crippen LogP contribution in [0.1, 0.15) is 15.9 Å². The topological polar surface area (TPSA) is 81.0 Å². The Morgan fingerprint density at radius 3 is 2.70 bits per heavy atom. The molecule has 2 N–H and O–H groups in total. The number of aromatic nitrogens is 1. The van der Waals surface area contributed by atoms with Crippen LogP contribution < -0.4 is 10.5 Å². The van der Waals surface area contributed by atoms with Crippen molar-refractivity contribution in [2.24, 2.45) is 7.05 Å². The molecule has 114 valence electrons. The second kappa shape index (κ2) is 5.85. The van der Waals surface area contributed by atoms with Gasteiger partial charge in [0.15, 0.2) is 6.61 Å². The van der Waals surface area contributed by atoms with E-state index in [1.807, 2.05) is 29.8 Å². The lowest BCUT2D eigenvalue weighted by Crippen LogP contribution is -2.11. The van der Waals surface area contributed by atoms with Crippen LogP contribution in [0.15, 0.2) is 48.7 Å². The molecule has 5 heteroatoms. The zero-order valence-corrected chi connectivity index (χ0v) is 12.6. The van der Waals surface area contributed by atoms with Crippen molar-refractivity contribution in [3.8, 4) is 11.8 Å². The molecule has 1 heterocycles. The maximum Gasteiger partial charge on any atom is 0.202 e. The highest BCUT2D eigenvalue weighted by atomic mass is 16.5. The first-order valence-corrected chi connectivity index (χ1v) is 7.09. The summed E-state index contributed by atoms with van der Waals surface area (Å²) in [6.45, 7) is -0.0696. The summed E-state index contributed by atoms with van der Waals surface area (Å²) in [5.74, 6) is 0.433. The fourth-order valence-electron chi connectivity index (χ4n) is 2.48. The number of Topliss-reactive ketones (excluding diaryl/α,β-unsaturated/α-hetero) is 1. The van der Waals surface area contributed by atoms with Crippen LogP contribution in [-0.4, -0.2) is 17.0 Å². The number of fused-ring (bicyclic) bond motifs is 1. The van der Waals surface area contributed by atoms with Crippen LogP contribution in [0.4, 0.5) is 5.69 Å². The molecule has 1 aromatic heterocycles. The number of carbonyl (C=O) groups excluding carboxylic acids is 1. The van der Waals surface area contributed by atoms with Gasteiger partial charge in [-0.1, -0.05) is 0 Å². The number of anilines is 1. The summed E-state index contributed by atoms with van der Waals surface area (Å²) in [6, 6.07) is 14.2. The minimum absolute atomic E-state index is 0.0696. The van der Waals surface area contributed by atoms with E-state index in [1.165, 1.54) is 0 Å². The molecule has 2 aromatic carbocycles. The smallest absolute Gasteiger partial charge is 0.202 e. The zero-order chi connectivity index (χ0) is 16.4. The largest absolute Gasteiger partial charge is 0.485 e. The van der Waals surface area contributed by atoms with E-state index in [1.54, 1.807) is 36.5 Å². The Morgan fingerprint density at radius 2 is 2.00 bits per heavy atom. The molecule has 0 saturated heterocycles. The molecule has 0 saturated carbocycles. The van der Waals surface area contributed by atoms with Crippen molar-refractivity contribution in [3.63, 3.8) is 0 Å². The molecule has 0 bridgehead atoms. The Balaban J connectivity index is 1.80. The van der Waals surface area contributed by atoms with Crippen molar-refractivity contribution in [1.29, 1.82) is 5.26 Å². The highest BCUT2D eigenvalue weighted by molar-refractivity contribution is 6.09. The minimum Gasteiger partial charge on any atom is -0.485 e. The molecule has 23 heavy (non-hydrogen) atoms. The van der Waals surface area contributed by atoms with Crippen LogP contribution in [0.2, 0.25) is 0 Å². The van der Waals surface area contributed by atoms with E-state index >= 15 is 0 Å². The summed E-state index contributed by atoms with van der Waals surface area (Å²) in [6.07, 6.45) is 1.79. The lowest BCUT2D eigenvalue weighted by Gasteiger charge is -2.05. The van der Waals surface area contributed by atoms with Crippen molar-refractivity contribution in [3.05, 3.63) is 59.8 Å². The number of hydrogen-bond acceptors (Lipinski definition) is 4. The normalized spacial score (nSPS) is 10.4. The number of nitrogens with zero attached hydrogens (tertiary/aromatic N) is 2. The van der Waals surface area contributed by atoms with Crippen LogP contribution in [0.25, 0.3) is 10.9 Å². The Morgan fingerprint density at radius 1 is 1.26 bits per heavy atom. The van der Waals surface area contributed by atoms with Gasteiger partial charge in [-0.25, -0.2) is 0 Å². The molecule has 0 atom stereocenters. The maximum absolute atomic E-state index is 12.4. The summed E-state index contributed by atoms with van der Waals surface area (Å²) < 4.78 is 7.40. The maximum atomic E-state index is 12.4. The van der Waals surface area contributed by atoms with Crippen LogP contribution >= 0.6 is 0 Å². The summed E-state index contributed by atoms with van der Waals surface area (Å²) in [4.78, 5) is 12.4. The number of ketones is 1. The fraction of sp³-hybridized carbons (Fsp3) is 0.111. The molecular weight excluding hydrogens is 290 g/mol. The molecular formula is C18H15N3O2. The molecule has 0 amide bonds. The monoisotopic (exact) mass is 305 g/mol. The second-order valence-electron chi connectivity index (χ2n) is 5.28. The van der Waals surface area contributed by atoms with E-state index in [4.69, 9.17) is 15.7 Å². The predicted molar refractivity (Wildman–Crippen MR) is 88.3 cm³/mol. The van der Waals surface area contributed by atoms with E-state index in [0.717, 1.165) is 10.9 Å². The molecule has 0 unspecified atom stereocenters. The van der Waals surface area contributed by atoms with E-state index in [0.29, 0.717) is 22.6 Å². The van der Waals surface area contributed by atoms with E-state index < -0.39 is 0 Å². The predicted octanol–water partition coefficient (Wildman–Crippen LogP) is 2.89. The first-order chi connectivity index (χ1) is 11.1. The van der Waals surface area contributed by atoms with Crippen molar-refractivity contribution < 1.29 is 9.53 Å². The van der Waals surface area contributed by atoms with Gasteiger partial charge in [-0.05, 0) is 42.5 Å². The van der Waals surface area contributed by atoms with Crippen molar-refractivity contribution in [2.75, 3.05) is 12.3 Å². The fourth-order valence-corrected chi connectivity index (χ4v) is 2.48. The Hall–Kier alpha value is -3.26. The first kappa shape index (κ1) is 14.7. The third-order valence-electron chi connectivity index (χ3n) is 3.67. The number of nitriles is 1. The van der Waals surface area contributed by atoms with Crippen molar-refractivity contribution in [1.82, 2.24) is 4.57 Å². The molecule has 0 aliphatic carbocycles. The van der Waals surface area contributed by atoms with Gasteiger partial charge in [-0.3, -0.25) is 4.79 Å². The Labute approximate surface area is 133 Å². The standard InChI is InChI=1S/C18H15N3O2/c1-21-10-16(15-8-13(20)4-7-17(15)21)18(22)11-23-14-5-2-12(9-19)3-6-14/h2-8,10H,11,20H2,1H3. The average molecular weight is 305 g/mol. The van der Waals surface area contributed by atoms with Gasteiger partial charge in [0.1, 0.15) is 5.75 Å². The lowest BCUT2D eigenvalue weighted by molar-refractivity contribution is 0.0923. The molecule has 5 nitrogen and oxygen atoms in total. The van der Waals surface area contributed by atoms with Gasteiger partial charge < -0.3 is 15.0 Å². The number of ether oxygens (including phenoxy) is 1. The zero-order valence-electron chi connectivity index (χ0n) is 12.6. The number of hydrogen-bond donors (Lipinski definition) is 1. The molecule has 0 spiro atoms. The van der Waals surface area contributed by atoms with Gasteiger partial charge in [0.25, 0.3) is 0 Å². The molecule has 3 aromatic rings. The number of nitrogens with two attached hydrogens (primary N) is 1. The molecule has 0 radical (unpaired) electrons. The van der Waals surface area contributed by atoms with Crippen LogP contribution in [0, 0.1) is 11.3 Å². The average Bonchev–Trinajstić information content (AvgIpc) is 2.89.